The van der Waals surface area contributed by atoms with Crippen molar-refractivity contribution in [2.45, 2.75) is 70.8 Å². The summed E-state index contributed by atoms with van der Waals surface area (Å²) in [7, 11) is 0. The minimum Gasteiger partial charge on any atom is -0.393 e. The van der Waals surface area contributed by atoms with Crippen molar-refractivity contribution in [3.8, 4) is 0 Å². The molecule has 2 nitrogen and oxygen atoms in total. The standard InChI is InChI=1S/C19H28O2/c1-2-19-10-9-15-14-6-4-13(20)11-12(14)3-5-16(15)17(19)7-8-18(19)21/h11,14-18,21H,2-10H2,1H3/t14?,15?,16?,17?,18-,19?/m0/s1. The molecule has 2 heteroatoms. The van der Waals surface area contributed by atoms with Gasteiger partial charge in [-0.05, 0) is 86.5 Å². The van der Waals surface area contributed by atoms with Crippen LogP contribution in [-0.2, 0) is 4.79 Å². The van der Waals surface area contributed by atoms with Crippen LogP contribution in [-0.4, -0.2) is 17.0 Å². The summed E-state index contributed by atoms with van der Waals surface area (Å²) in [6, 6.07) is 0. The first-order chi connectivity index (χ1) is 10.2. The van der Waals surface area contributed by atoms with Crippen molar-refractivity contribution in [3.05, 3.63) is 11.6 Å². The van der Waals surface area contributed by atoms with Crippen LogP contribution < -0.4 is 0 Å². The van der Waals surface area contributed by atoms with Crippen LogP contribution in [0.3, 0.4) is 0 Å². The molecule has 0 saturated heterocycles. The lowest BCUT2D eigenvalue weighted by molar-refractivity contribution is -0.116. The van der Waals surface area contributed by atoms with Gasteiger partial charge in [0.2, 0.25) is 0 Å². The highest BCUT2D eigenvalue weighted by atomic mass is 16.3. The van der Waals surface area contributed by atoms with Crippen molar-refractivity contribution in [3.63, 3.8) is 0 Å². The highest BCUT2D eigenvalue weighted by Crippen LogP contribution is 2.62. The molecule has 0 bridgehead atoms. The van der Waals surface area contributed by atoms with Crippen LogP contribution in [0.1, 0.15) is 64.7 Å². The lowest BCUT2D eigenvalue weighted by Gasteiger charge is -2.54. The van der Waals surface area contributed by atoms with E-state index < -0.39 is 0 Å². The van der Waals surface area contributed by atoms with E-state index >= 15 is 0 Å². The van der Waals surface area contributed by atoms with E-state index in [9.17, 15) is 9.90 Å². The Kier molecular flexibility index (Phi) is 3.29. The fraction of sp³-hybridized carbons (Fsp3) is 0.842. The molecule has 0 spiro atoms. The molecule has 0 heterocycles. The number of aliphatic hydroxyl groups is 1. The molecular formula is C19H28O2. The molecule has 0 aliphatic heterocycles. The number of ketones is 1. The second-order valence-corrected chi connectivity index (χ2v) is 8.02. The van der Waals surface area contributed by atoms with Gasteiger partial charge in [0.15, 0.2) is 5.78 Å². The molecule has 0 amide bonds. The molecule has 21 heavy (non-hydrogen) atoms. The topological polar surface area (TPSA) is 37.3 Å². The molecule has 5 unspecified atom stereocenters. The number of hydrogen-bond donors (Lipinski definition) is 1. The Morgan fingerprint density at radius 2 is 2.00 bits per heavy atom. The Morgan fingerprint density at radius 1 is 1.14 bits per heavy atom. The molecule has 0 aromatic rings. The zero-order valence-electron chi connectivity index (χ0n) is 13.2. The van der Waals surface area contributed by atoms with Gasteiger partial charge < -0.3 is 5.11 Å². The summed E-state index contributed by atoms with van der Waals surface area (Å²) in [4.78, 5) is 11.7. The first-order valence-corrected chi connectivity index (χ1v) is 9.07. The number of hydrogen-bond acceptors (Lipinski definition) is 2. The van der Waals surface area contributed by atoms with Crippen LogP contribution >= 0.6 is 0 Å². The third kappa shape index (κ3) is 1.91. The Labute approximate surface area is 128 Å². The number of carbonyl (C=O) groups excluding carboxylic acids is 1. The molecule has 4 rings (SSSR count). The Bertz CT molecular complexity index is 480. The predicted octanol–water partition coefficient (Wildman–Crippen LogP) is 3.88. The fourth-order valence-electron chi connectivity index (χ4n) is 6.64. The van der Waals surface area contributed by atoms with Gasteiger partial charge in [-0.25, -0.2) is 0 Å². The van der Waals surface area contributed by atoms with Crippen LogP contribution in [0.25, 0.3) is 0 Å². The van der Waals surface area contributed by atoms with E-state index in [4.69, 9.17) is 0 Å². The molecule has 3 fully saturated rings. The molecule has 6 atom stereocenters. The second-order valence-electron chi connectivity index (χ2n) is 8.02. The minimum atomic E-state index is -0.0571. The van der Waals surface area contributed by atoms with E-state index in [1.807, 2.05) is 6.08 Å². The lowest BCUT2D eigenvalue weighted by atomic mass is 9.51. The summed E-state index contributed by atoms with van der Waals surface area (Å²) >= 11 is 0. The van der Waals surface area contributed by atoms with Crippen LogP contribution in [0.4, 0.5) is 0 Å². The highest BCUT2D eigenvalue weighted by molar-refractivity contribution is 5.91. The fourth-order valence-corrected chi connectivity index (χ4v) is 6.64. The van der Waals surface area contributed by atoms with Crippen LogP contribution in [0.15, 0.2) is 11.6 Å². The van der Waals surface area contributed by atoms with E-state index in [2.05, 4.69) is 6.92 Å². The largest absolute Gasteiger partial charge is 0.393 e. The lowest BCUT2D eigenvalue weighted by Crippen LogP contribution is -2.48. The van der Waals surface area contributed by atoms with Gasteiger partial charge in [0.1, 0.15) is 0 Å². The van der Waals surface area contributed by atoms with E-state index in [1.54, 1.807) is 0 Å². The van der Waals surface area contributed by atoms with Gasteiger partial charge >= 0.3 is 0 Å². The van der Waals surface area contributed by atoms with E-state index in [0.29, 0.717) is 11.7 Å². The first kappa shape index (κ1) is 14.0. The molecular weight excluding hydrogens is 260 g/mol. The maximum atomic E-state index is 11.7. The molecule has 116 valence electrons. The van der Waals surface area contributed by atoms with Gasteiger partial charge in [-0.2, -0.15) is 0 Å². The van der Waals surface area contributed by atoms with E-state index in [-0.39, 0.29) is 11.5 Å². The number of rotatable bonds is 1. The number of aliphatic hydroxyl groups excluding tert-OH is 1. The monoisotopic (exact) mass is 288 g/mol. The van der Waals surface area contributed by atoms with Crippen molar-refractivity contribution >= 4 is 5.78 Å². The number of fused-ring (bicyclic) bond motifs is 5. The molecule has 4 aliphatic rings. The van der Waals surface area contributed by atoms with Crippen LogP contribution in [0.2, 0.25) is 0 Å². The minimum absolute atomic E-state index is 0.0571. The highest BCUT2D eigenvalue weighted by Gasteiger charge is 2.57. The van der Waals surface area contributed by atoms with Gasteiger partial charge in [-0.15, -0.1) is 0 Å². The normalized spacial score (nSPS) is 49.1. The zero-order valence-corrected chi connectivity index (χ0v) is 13.2. The second kappa shape index (κ2) is 4.94. The molecule has 4 aliphatic carbocycles. The number of allylic oxidation sites excluding steroid dienone is 1. The van der Waals surface area contributed by atoms with Crippen molar-refractivity contribution in [1.82, 2.24) is 0 Å². The van der Waals surface area contributed by atoms with Gasteiger partial charge in [0, 0.05) is 6.42 Å². The Balaban J connectivity index is 1.64. The summed E-state index contributed by atoms with van der Waals surface area (Å²) in [5.41, 5.74) is 1.70. The Morgan fingerprint density at radius 3 is 2.81 bits per heavy atom. The van der Waals surface area contributed by atoms with Crippen molar-refractivity contribution in [1.29, 1.82) is 0 Å². The van der Waals surface area contributed by atoms with Gasteiger partial charge in [-0.1, -0.05) is 12.5 Å². The molecule has 0 radical (unpaired) electrons. The summed E-state index contributed by atoms with van der Waals surface area (Å²) in [6.07, 6.45) is 12.1. The summed E-state index contributed by atoms with van der Waals surface area (Å²) in [5.74, 6) is 3.40. The van der Waals surface area contributed by atoms with E-state index in [0.717, 1.165) is 49.9 Å². The van der Waals surface area contributed by atoms with E-state index in [1.165, 1.54) is 31.3 Å². The van der Waals surface area contributed by atoms with Crippen LogP contribution in [0, 0.1) is 29.1 Å². The first-order valence-electron chi connectivity index (χ1n) is 9.07. The van der Waals surface area contributed by atoms with Crippen molar-refractivity contribution < 1.29 is 9.90 Å². The smallest absolute Gasteiger partial charge is 0.155 e. The molecule has 3 saturated carbocycles. The Hall–Kier alpha value is -0.630. The van der Waals surface area contributed by atoms with Crippen LogP contribution in [0.5, 0.6) is 0 Å². The van der Waals surface area contributed by atoms with Gasteiger partial charge in [-0.3, -0.25) is 4.79 Å². The molecule has 0 aromatic carbocycles. The summed E-state index contributed by atoms with van der Waals surface area (Å²) in [6.45, 7) is 2.29. The third-order valence-corrected chi connectivity index (χ3v) is 7.63. The SMILES string of the molecule is CCC12CCC3C4CCC(=O)C=C4CCC3C1CC[C@@H]2O. The van der Waals surface area contributed by atoms with Gasteiger partial charge in [0.05, 0.1) is 6.10 Å². The summed E-state index contributed by atoms with van der Waals surface area (Å²) < 4.78 is 0. The quantitative estimate of drug-likeness (QED) is 0.795. The van der Waals surface area contributed by atoms with Crippen molar-refractivity contribution in [2.75, 3.05) is 0 Å². The maximum Gasteiger partial charge on any atom is 0.155 e. The average molecular weight is 288 g/mol. The van der Waals surface area contributed by atoms with Gasteiger partial charge in [0.25, 0.3) is 0 Å². The third-order valence-electron chi connectivity index (χ3n) is 7.63. The predicted molar refractivity (Wildman–Crippen MR) is 82.7 cm³/mol. The average Bonchev–Trinajstić information content (AvgIpc) is 2.84. The maximum absolute atomic E-state index is 11.7. The number of carbonyl (C=O) groups is 1. The molecule has 1 N–H and O–H groups in total. The molecule has 0 aromatic heterocycles. The zero-order chi connectivity index (χ0) is 14.6. The summed E-state index contributed by atoms with van der Waals surface area (Å²) in [5, 5.41) is 10.6. The van der Waals surface area contributed by atoms with Crippen molar-refractivity contribution in [2.24, 2.45) is 29.1 Å².